The van der Waals surface area contributed by atoms with Gasteiger partial charge in [-0.05, 0) is 33.2 Å². The number of hydrogen-bond acceptors (Lipinski definition) is 4. The Kier molecular flexibility index (Phi) is 5.52. The molecule has 1 N–H and O–H groups in total. The molecule has 1 fully saturated rings. The normalized spacial score (nSPS) is 18.4. The van der Waals surface area contributed by atoms with Crippen molar-refractivity contribution in [3.05, 3.63) is 15.6 Å². The van der Waals surface area contributed by atoms with Crippen LogP contribution in [0.15, 0.2) is 0 Å². The molecule has 0 bridgehead atoms. The van der Waals surface area contributed by atoms with Gasteiger partial charge in [-0.25, -0.2) is 4.98 Å². The summed E-state index contributed by atoms with van der Waals surface area (Å²) in [5.74, 6) is 1.11. The molecule has 0 radical (unpaired) electrons. The maximum absolute atomic E-state index is 4.73. The molecule has 1 atom stereocenters. The Morgan fingerprint density at radius 2 is 2.17 bits per heavy atom. The SMILES string of the molecule is CCNC(C)c1sc(CSC2CCCC2)nc1C. The predicted octanol–water partition coefficient (Wildman–Crippen LogP) is 4.30. The van der Waals surface area contributed by atoms with Crippen molar-refractivity contribution >= 4 is 23.1 Å². The van der Waals surface area contributed by atoms with Crippen LogP contribution < -0.4 is 5.32 Å². The van der Waals surface area contributed by atoms with E-state index in [1.54, 1.807) is 0 Å². The van der Waals surface area contributed by atoms with Crippen LogP contribution in [-0.2, 0) is 5.75 Å². The lowest BCUT2D eigenvalue weighted by molar-refractivity contribution is 0.603. The molecule has 0 aliphatic heterocycles. The van der Waals surface area contributed by atoms with Gasteiger partial charge in [-0.2, -0.15) is 11.8 Å². The lowest BCUT2D eigenvalue weighted by atomic mass is 10.2. The van der Waals surface area contributed by atoms with Gasteiger partial charge in [-0.1, -0.05) is 19.8 Å². The first kappa shape index (κ1) is 14.4. The number of rotatable bonds is 6. The van der Waals surface area contributed by atoms with Crippen molar-refractivity contribution in [3.8, 4) is 0 Å². The lowest BCUT2D eigenvalue weighted by Crippen LogP contribution is -2.17. The average Bonchev–Trinajstić information content (AvgIpc) is 2.96. The predicted molar refractivity (Wildman–Crippen MR) is 82.5 cm³/mol. The highest BCUT2D eigenvalue weighted by Crippen LogP contribution is 2.34. The van der Waals surface area contributed by atoms with E-state index in [0.717, 1.165) is 17.5 Å². The van der Waals surface area contributed by atoms with E-state index < -0.39 is 0 Å². The third-order valence-corrected chi connectivity index (χ3v) is 6.43. The highest BCUT2D eigenvalue weighted by Gasteiger charge is 2.17. The van der Waals surface area contributed by atoms with Gasteiger partial charge in [0, 0.05) is 21.9 Å². The van der Waals surface area contributed by atoms with Crippen LogP contribution in [0.5, 0.6) is 0 Å². The summed E-state index contributed by atoms with van der Waals surface area (Å²) < 4.78 is 0. The molecule has 0 amide bonds. The van der Waals surface area contributed by atoms with Gasteiger partial charge in [-0.3, -0.25) is 0 Å². The molecule has 1 heterocycles. The number of aromatic nitrogens is 1. The van der Waals surface area contributed by atoms with Crippen LogP contribution in [0.3, 0.4) is 0 Å². The van der Waals surface area contributed by atoms with Crippen LogP contribution in [-0.4, -0.2) is 16.8 Å². The zero-order valence-corrected chi connectivity index (χ0v) is 13.3. The highest BCUT2D eigenvalue weighted by atomic mass is 32.2. The van der Waals surface area contributed by atoms with Crippen molar-refractivity contribution in [2.75, 3.05) is 6.54 Å². The van der Waals surface area contributed by atoms with Crippen molar-refractivity contribution in [2.45, 2.75) is 63.5 Å². The van der Waals surface area contributed by atoms with Crippen molar-refractivity contribution in [1.29, 1.82) is 0 Å². The summed E-state index contributed by atoms with van der Waals surface area (Å²) in [7, 11) is 0. The van der Waals surface area contributed by atoms with Crippen molar-refractivity contribution in [3.63, 3.8) is 0 Å². The topological polar surface area (TPSA) is 24.9 Å². The van der Waals surface area contributed by atoms with E-state index in [4.69, 9.17) is 4.98 Å². The third kappa shape index (κ3) is 3.72. The van der Waals surface area contributed by atoms with Crippen LogP contribution in [0, 0.1) is 6.92 Å². The van der Waals surface area contributed by atoms with Crippen molar-refractivity contribution in [1.82, 2.24) is 10.3 Å². The van der Waals surface area contributed by atoms with Gasteiger partial charge in [0.15, 0.2) is 0 Å². The summed E-state index contributed by atoms with van der Waals surface area (Å²) in [5.41, 5.74) is 1.22. The summed E-state index contributed by atoms with van der Waals surface area (Å²) in [6, 6.07) is 0.442. The Morgan fingerprint density at radius 1 is 1.44 bits per heavy atom. The number of thioether (sulfide) groups is 1. The van der Waals surface area contributed by atoms with Crippen LogP contribution >= 0.6 is 23.1 Å². The van der Waals surface area contributed by atoms with Crippen LogP contribution in [0.25, 0.3) is 0 Å². The van der Waals surface area contributed by atoms with E-state index in [0.29, 0.717) is 6.04 Å². The molecule has 18 heavy (non-hydrogen) atoms. The Balaban J connectivity index is 1.90. The number of thiazole rings is 1. The van der Waals surface area contributed by atoms with Gasteiger partial charge in [0.2, 0.25) is 0 Å². The lowest BCUT2D eigenvalue weighted by Gasteiger charge is -2.10. The van der Waals surface area contributed by atoms with E-state index in [9.17, 15) is 0 Å². The summed E-state index contributed by atoms with van der Waals surface area (Å²) in [5, 5.41) is 5.68. The van der Waals surface area contributed by atoms with Gasteiger partial charge in [0.05, 0.1) is 5.69 Å². The average molecular weight is 284 g/mol. The summed E-state index contributed by atoms with van der Waals surface area (Å²) >= 11 is 4.01. The molecular formula is C14H24N2S2. The second-order valence-corrected chi connectivity index (χ2v) is 7.46. The first-order chi connectivity index (χ1) is 8.70. The molecule has 102 valence electrons. The Labute approximate surface area is 119 Å². The van der Waals surface area contributed by atoms with Gasteiger partial charge >= 0.3 is 0 Å². The summed E-state index contributed by atoms with van der Waals surface area (Å²) in [6.45, 7) is 7.55. The molecule has 1 aliphatic rings. The first-order valence-corrected chi connectivity index (χ1v) is 8.88. The maximum Gasteiger partial charge on any atom is 0.103 e. The Hall–Kier alpha value is -0.0600. The zero-order valence-electron chi connectivity index (χ0n) is 11.7. The van der Waals surface area contributed by atoms with E-state index >= 15 is 0 Å². The second kappa shape index (κ2) is 6.92. The molecule has 0 spiro atoms. The quantitative estimate of drug-likeness (QED) is 0.843. The minimum atomic E-state index is 0.442. The smallest absolute Gasteiger partial charge is 0.103 e. The fraction of sp³-hybridized carbons (Fsp3) is 0.786. The van der Waals surface area contributed by atoms with Crippen LogP contribution in [0.1, 0.15) is 61.2 Å². The van der Waals surface area contributed by atoms with E-state index in [2.05, 4.69) is 37.8 Å². The number of hydrogen-bond donors (Lipinski definition) is 1. The molecule has 1 aliphatic carbocycles. The molecular weight excluding hydrogens is 260 g/mol. The number of nitrogens with one attached hydrogen (secondary N) is 1. The monoisotopic (exact) mass is 284 g/mol. The molecule has 0 aromatic carbocycles. The summed E-state index contributed by atoms with van der Waals surface area (Å²) in [4.78, 5) is 6.15. The van der Waals surface area contributed by atoms with Gasteiger partial charge in [0.1, 0.15) is 5.01 Å². The molecule has 1 saturated carbocycles. The van der Waals surface area contributed by atoms with Gasteiger partial charge < -0.3 is 5.32 Å². The van der Waals surface area contributed by atoms with Gasteiger partial charge in [-0.15, -0.1) is 11.3 Å². The maximum atomic E-state index is 4.73. The minimum Gasteiger partial charge on any atom is -0.310 e. The first-order valence-electron chi connectivity index (χ1n) is 7.02. The third-order valence-electron chi connectivity index (χ3n) is 3.53. The minimum absolute atomic E-state index is 0.442. The van der Waals surface area contributed by atoms with Crippen molar-refractivity contribution < 1.29 is 0 Å². The summed E-state index contributed by atoms with van der Waals surface area (Å²) in [6.07, 6.45) is 5.68. The molecule has 1 unspecified atom stereocenters. The van der Waals surface area contributed by atoms with Gasteiger partial charge in [0.25, 0.3) is 0 Å². The second-order valence-electron chi connectivity index (χ2n) is 5.05. The van der Waals surface area contributed by atoms with E-state index in [1.165, 1.54) is 41.3 Å². The Morgan fingerprint density at radius 3 is 2.83 bits per heavy atom. The van der Waals surface area contributed by atoms with E-state index in [-0.39, 0.29) is 0 Å². The highest BCUT2D eigenvalue weighted by molar-refractivity contribution is 7.99. The molecule has 0 saturated heterocycles. The van der Waals surface area contributed by atoms with Crippen LogP contribution in [0.2, 0.25) is 0 Å². The standard InChI is InChI=1S/C14H24N2S2/c1-4-15-10(2)14-11(3)16-13(18-14)9-17-12-7-5-6-8-12/h10,12,15H,4-9H2,1-3H3. The van der Waals surface area contributed by atoms with Crippen LogP contribution in [0.4, 0.5) is 0 Å². The molecule has 4 heteroatoms. The van der Waals surface area contributed by atoms with Crippen molar-refractivity contribution in [2.24, 2.45) is 0 Å². The Bertz CT molecular complexity index is 370. The fourth-order valence-electron chi connectivity index (χ4n) is 2.57. The van der Waals surface area contributed by atoms with E-state index in [1.807, 2.05) is 11.3 Å². The molecule has 2 rings (SSSR count). The largest absolute Gasteiger partial charge is 0.310 e. The fourth-order valence-corrected chi connectivity index (χ4v) is 5.01. The molecule has 1 aromatic heterocycles. The number of nitrogens with zero attached hydrogens (tertiary/aromatic N) is 1. The number of aryl methyl sites for hydroxylation is 1. The molecule has 2 nitrogen and oxygen atoms in total. The molecule has 1 aromatic rings. The zero-order chi connectivity index (χ0) is 13.0.